The molecule has 0 radical (unpaired) electrons. The van der Waals surface area contributed by atoms with Gasteiger partial charge in [-0.15, -0.1) is 0 Å². The van der Waals surface area contributed by atoms with Gasteiger partial charge in [-0.05, 0) is 64.9 Å². The average molecular weight is 437 g/mol. The fourth-order valence-corrected chi connectivity index (χ4v) is 4.43. The number of carbonyl (C=O) groups excluding carboxylic acids is 1. The highest BCUT2D eigenvalue weighted by atomic mass is 32.2. The van der Waals surface area contributed by atoms with Gasteiger partial charge in [0.2, 0.25) is 5.91 Å². The third kappa shape index (κ3) is 5.66. The van der Waals surface area contributed by atoms with E-state index >= 15 is 0 Å². The van der Waals surface area contributed by atoms with Gasteiger partial charge in [-0.25, -0.2) is 13.6 Å². The quantitative estimate of drug-likeness (QED) is 0.509. The van der Waals surface area contributed by atoms with Crippen LogP contribution in [0.3, 0.4) is 0 Å². The number of carbonyl (C=O) groups is 1. The highest BCUT2D eigenvalue weighted by Crippen LogP contribution is 2.28. The molecule has 0 spiro atoms. The van der Waals surface area contributed by atoms with Gasteiger partial charge < -0.3 is 10.2 Å². The SMILES string of the molecule is CN(C)CCCn1c2c(c(SCC(=O)Nc3ccc(F)cc3F)nc1=O)CCCC2. The number of hydrogen-bond acceptors (Lipinski definition) is 5. The zero-order valence-corrected chi connectivity index (χ0v) is 18.0. The molecule has 0 aliphatic heterocycles. The van der Waals surface area contributed by atoms with Crippen LogP contribution in [0.25, 0.3) is 0 Å². The first-order valence-corrected chi connectivity index (χ1v) is 11.0. The number of fused-ring (bicyclic) bond motifs is 1. The van der Waals surface area contributed by atoms with E-state index in [2.05, 4.69) is 15.2 Å². The zero-order valence-electron chi connectivity index (χ0n) is 17.2. The standard InChI is InChI=1S/C21H26F2N4O2S/c1-26(2)10-5-11-27-18-7-4-3-6-15(18)20(25-21(27)29)30-13-19(28)24-17-9-8-14(22)12-16(17)23/h8-9,12H,3-7,10-11,13H2,1-2H3,(H,24,28). The van der Waals surface area contributed by atoms with Crippen molar-refractivity contribution in [1.29, 1.82) is 0 Å². The summed E-state index contributed by atoms with van der Waals surface area (Å²) in [5.74, 6) is -1.99. The Balaban J connectivity index is 1.72. The van der Waals surface area contributed by atoms with Gasteiger partial charge in [-0.3, -0.25) is 9.36 Å². The summed E-state index contributed by atoms with van der Waals surface area (Å²) in [5.41, 5.74) is 1.69. The molecule has 2 aromatic rings. The number of thioether (sulfide) groups is 1. The second-order valence-electron chi connectivity index (χ2n) is 7.60. The van der Waals surface area contributed by atoms with Crippen molar-refractivity contribution in [2.45, 2.75) is 43.7 Å². The van der Waals surface area contributed by atoms with Crippen molar-refractivity contribution in [3.63, 3.8) is 0 Å². The fourth-order valence-electron chi connectivity index (χ4n) is 3.55. The first-order valence-electron chi connectivity index (χ1n) is 10.00. The van der Waals surface area contributed by atoms with Gasteiger partial charge in [-0.1, -0.05) is 11.8 Å². The fraction of sp³-hybridized carbons (Fsp3) is 0.476. The van der Waals surface area contributed by atoms with Crippen LogP contribution in [-0.2, 0) is 24.2 Å². The molecule has 0 bridgehead atoms. The molecule has 0 saturated heterocycles. The number of nitrogens with zero attached hydrogens (tertiary/aromatic N) is 3. The normalized spacial score (nSPS) is 13.4. The zero-order chi connectivity index (χ0) is 21.7. The van der Waals surface area contributed by atoms with E-state index in [1.807, 2.05) is 14.1 Å². The largest absolute Gasteiger partial charge is 0.348 e. The van der Waals surface area contributed by atoms with Crippen LogP contribution in [0.5, 0.6) is 0 Å². The van der Waals surface area contributed by atoms with Crippen molar-refractivity contribution in [3.05, 3.63) is 51.6 Å². The Morgan fingerprint density at radius 1 is 1.27 bits per heavy atom. The molecule has 6 nitrogen and oxygen atoms in total. The molecule has 0 fully saturated rings. The first-order chi connectivity index (χ1) is 14.3. The molecule has 162 valence electrons. The highest BCUT2D eigenvalue weighted by Gasteiger charge is 2.21. The molecular weight excluding hydrogens is 410 g/mol. The number of amides is 1. The van der Waals surface area contributed by atoms with E-state index in [-0.39, 0.29) is 17.1 Å². The maximum absolute atomic E-state index is 13.7. The molecule has 9 heteroatoms. The van der Waals surface area contributed by atoms with E-state index < -0.39 is 17.5 Å². The minimum Gasteiger partial charge on any atom is -0.323 e. The topological polar surface area (TPSA) is 67.2 Å². The summed E-state index contributed by atoms with van der Waals surface area (Å²) >= 11 is 1.18. The van der Waals surface area contributed by atoms with Gasteiger partial charge in [0.1, 0.15) is 16.7 Å². The van der Waals surface area contributed by atoms with Crippen molar-refractivity contribution in [1.82, 2.24) is 14.5 Å². The Morgan fingerprint density at radius 3 is 2.77 bits per heavy atom. The van der Waals surface area contributed by atoms with Crippen LogP contribution in [-0.4, -0.2) is 46.8 Å². The molecule has 30 heavy (non-hydrogen) atoms. The molecule has 0 atom stereocenters. The van der Waals surface area contributed by atoms with Crippen molar-refractivity contribution in [2.24, 2.45) is 0 Å². The van der Waals surface area contributed by atoms with Crippen LogP contribution >= 0.6 is 11.8 Å². The van der Waals surface area contributed by atoms with Crippen molar-refractivity contribution < 1.29 is 13.6 Å². The molecule has 0 unspecified atom stereocenters. The Bertz CT molecular complexity index is 978. The molecule has 1 aliphatic rings. The smallest absolute Gasteiger partial charge is 0.323 e. The van der Waals surface area contributed by atoms with Crippen LogP contribution in [0.15, 0.2) is 28.0 Å². The van der Waals surface area contributed by atoms with Gasteiger partial charge in [0.25, 0.3) is 0 Å². The summed E-state index contributed by atoms with van der Waals surface area (Å²) in [4.78, 5) is 31.2. The van der Waals surface area contributed by atoms with E-state index in [0.717, 1.165) is 62.0 Å². The molecule has 1 aromatic heterocycles. The summed E-state index contributed by atoms with van der Waals surface area (Å²) in [6.45, 7) is 1.51. The third-order valence-corrected chi connectivity index (χ3v) is 6.00. The lowest BCUT2D eigenvalue weighted by molar-refractivity contribution is -0.113. The predicted molar refractivity (Wildman–Crippen MR) is 114 cm³/mol. The van der Waals surface area contributed by atoms with E-state index in [1.165, 1.54) is 17.8 Å². The minimum atomic E-state index is -0.829. The average Bonchev–Trinajstić information content (AvgIpc) is 2.70. The third-order valence-electron chi connectivity index (χ3n) is 4.98. The second-order valence-corrected chi connectivity index (χ2v) is 8.57. The van der Waals surface area contributed by atoms with Gasteiger partial charge in [-0.2, -0.15) is 4.98 Å². The molecule has 1 aliphatic carbocycles. The number of hydrogen-bond donors (Lipinski definition) is 1. The van der Waals surface area contributed by atoms with Gasteiger partial charge in [0, 0.05) is 23.9 Å². The number of benzene rings is 1. The lowest BCUT2D eigenvalue weighted by atomic mass is 9.97. The minimum absolute atomic E-state index is 0.0136. The predicted octanol–water partition coefficient (Wildman–Crippen LogP) is 3.08. The first kappa shape index (κ1) is 22.4. The van der Waals surface area contributed by atoms with Crippen molar-refractivity contribution in [3.8, 4) is 0 Å². The number of aromatic nitrogens is 2. The van der Waals surface area contributed by atoms with Crippen LogP contribution in [0, 0.1) is 11.6 Å². The summed E-state index contributed by atoms with van der Waals surface area (Å²) in [6, 6.07) is 2.98. The molecule has 3 rings (SSSR count). The lowest BCUT2D eigenvalue weighted by Crippen LogP contribution is -2.31. The van der Waals surface area contributed by atoms with Crippen LogP contribution in [0.1, 0.15) is 30.5 Å². The lowest BCUT2D eigenvalue weighted by Gasteiger charge is -2.23. The Morgan fingerprint density at radius 2 is 2.03 bits per heavy atom. The van der Waals surface area contributed by atoms with Crippen molar-refractivity contribution in [2.75, 3.05) is 31.7 Å². The Labute approximate surface area is 178 Å². The Kier molecular flexibility index (Phi) is 7.60. The molecular formula is C21H26F2N4O2S. The van der Waals surface area contributed by atoms with E-state index in [9.17, 15) is 18.4 Å². The van der Waals surface area contributed by atoms with Gasteiger partial charge in [0.15, 0.2) is 0 Å². The maximum atomic E-state index is 13.7. The summed E-state index contributed by atoms with van der Waals surface area (Å²) in [5, 5.41) is 3.01. The van der Waals surface area contributed by atoms with Gasteiger partial charge in [0.05, 0.1) is 11.4 Å². The van der Waals surface area contributed by atoms with Gasteiger partial charge >= 0.3 is 5.69 Å². The van der Waals surface area contributed by atoms with E-state index in [1.54, 1.807) is 4.57 Å². The molecule has 1 N–H and O–H groups in total. The monoisotopic (exact) mass is 436 g/mol. The highest BCUT2D eigenvalue weighted by molar-refractivity contribution is 8.00. The molecule has 1 aromatic carbocycles. The summed E-state index contributed by atoms with van der Waals surface area (Å²) < 4.78 is 28.5. The molecule has 0 saturated carbocycles. The summed E-state index contributed by atoms with van der Waals surface area (Å²) in [7, 11) is 4.00. The number of anilines is 1. The summed E-state index contributed by atoms with van der Waals surface area (Å²) in [6.07, 6.45) is 4.56. The van der Waals surface area contributed by atoms with E-state index in [0.29, 0.717) is 11.6 Å². The molecule has 1 amide bonds. The van der Waals surface area contributed by atoms with Crippen LogP contribution in [0.2, 0.25) is 0 Å². The number of rotatable bonds is 8. The number of halogens is 2. The van der Waals surface area contributed by atoms with Crippen molar-refractivity contribution >= 4 is 23.4 Å². The maximum Gasteiger partial charge on any atom is 0.348 e. The second kappa shape index (κ2) is 10.2. The van der Waals surface area contributed by atoms with Crippen LogP contribution in [0.4, 0.5) is 14.5 Å². The molecule has 1 heterocycles. The Hall–Kier alpha value is -2.26. The number of nitrogens with one attached hydrogen (secondary N) is 1. The van der Waals surface area contributed by atoms with Crippen LogP contribution < -0.4 is 11.0 Å². The van der Waals surface area contributed by atoms with E-state index in [4.69, 9.17) is 0 Å².